The highest BCUT2D eigenvalue weighted by Crippen LogP contribution is 2.08. The van der Waals surface area contributed by atoms with Gasteiger partial charge in [-0.15, -0.1) is 0 Å². The molecule has 60 valence electrons. The topological polar surface area (TPSA) is 68.3 Å². The van der Waals surface area contributed by atoms with Crippen molar-refractivity contribution in [3.63, 3.8) is 0 Å². The van der Waals surface area contributed by atoms with E-state index in [4.69, 9.17) is 10.3 Å². The first-order valence-corrected chi connectivity index (χ1v) is 3.60. The van der Waals surface area contributed by atoms with E-state index in [9.17, 15) is 4.79 Å². The molecule has 0 bridgehead atoms. The average Bonchev–Trinajstić information content (AvgIpc) is 2.50. The lowest BCUT2D eigenvalue weighted by atomic mass is 10.3. The second-order valence-corrected chi connectivity index (χ2v) is 2.25. The fourth-order valence-corrected chi connectivity index (χ4v) is 0.832. The molecule has 1 aromatic rings. The molecule has 11 heavy (non-hydrogen) atoms. The number of hydrogen-bond donors (Lipinski definition) is 3. The van der Waals surface area contributed by atoms with Gasteiger partial charge in [-0.05, 0) is 6.07 Å². The lowest BCUT2D eigenvalue weighted by Gasteiger charge is -1.90. The van der Waals surface area contributed by atoms with Gasteiger partial charge in [-0.3, -0.25) is 10.2 Å². The van der Waals surface area contributed by atoms with Crippen LogP contribution in [-0.4, -0.2) is 5.91 Å². The van der Waals surface area contributed by atoms with E-state index in [1.807, 2.05) is 5.43 Å². The van der Waals surface area contributed by atoms with Crippen molar-refractivity contribution in [3.05, 3.63) is 23.7 Å². The number of amides is 1. The number of carbonyl (C=O) groups is 1. The SMILES string of the molecule is NNC(=O)c1coc(CS)c1. The van der Waals surface area contributed by atoms with E-state index in [1.54, 1.807) is 6.07 Å². The molecule has 0 aliphatic carbocycles. The lowest BCUT2D eigenvalue weighted by molar-refractivity contribution is 0.0953. The number of hydrogen-bond acceptors (Lipinski definition) is 4. The molecule has 0 fully saturated rings. The van der Waals surface area contributed by atoms with Crippen molar-refractivity contribution in [2.45, 2.75) is 5.75 Å². The molecule has 1 aromatic heterocycles. The monoisotopic (exact) mass is 172 g/mol. The fraction of sp³-hybridized carbons (Fsp3) is 0.167. The molecule has 0 unspecified atom stereocenters. The first-order valence-electron chi connectivity index (χ1n) is 2.97. The predicted molar refractivity (Wildman–Crippen MR) is 43.1 cm³/mol. The Morgan fingerprint density at radius 2 is 2.55 bits per heavy atom. The minimum absolute atomic E-state index is 0.359. The predicted octanol–water partition coefficient (Wildman–Crippen LogP) is 0.313. The van der Waals surface area contributed by atoms with Crippen molar-refractivity contribution >= 4 is 18.5 Å². The quantitative estimate of drug-likeness (QED) is 0.260. The third kappa shape index (κ3) is 1.75. The summed E-state index contributed by atoms with van der Waals surface area (Å²) in [5.74, 6) is 5.65. The van der Waals surface area contributed by atoms with Crippen LogP contribution >= 0.6 is 12.6 Å². The zero-order valence-electron chi connectivity index (χ0n) is 5.70. The van der Waals surface area contributed by atoms with Gasteiger partial charge in [-0.25, -0.2) is 5.84 Å². The molecule has 0 saturated carbocycles. The first-order chi connectivity index (χ1) is 5.27. The molecule has 0 atom stereocenters. The van der Waals surface area contributed by atoms with Crippen LogP contribution in [0.15, 0.2) is 16.7 Å². The molecular weight excluding hydrogens is 164 g/mol. The molecule has 1 rings (SSSR count). The van der Waals surface area contributed by atoms with Crippen molar-refractivity contribution in [1.29, 1.82) is 0 Å². The van der Waals surface area contributed by atoms with Gasteiger partial charge in [-0.2, -0.15) is 12.6 Å². The minimum atomic E-state index is -0.359. The molecule has 4 nitrogen and oxygen atoms in total. The van der Waals surface area contributed by atoms with Crippen LogP contribution < -0.4 is 11.3 Å². The van der Waals surface area contributed by atoms with Crippen molar-refractivity contribution in [3.8, 4) is 0 Å². The Kier molecular flexibility index (Phi) is 2.56. The first kappa shape index (κ1) is 8.16. The highest BCUT2D eigenvalue weighted by molar-refractivity contribution is 7.79. The zero-order valence-corrected chi connectivity index (χ0v) is 6.60. The maximum Gasteiger partial charge on any atom is 0.268 e. The Bertz CT molecular complexity index is 259. The standard InChI is InChI=1S/C6H8N2O2S/c7-8-6(9)4-1-5(3-11)10-2-4/h1-2,11H,3,7H2,(H,8,9). The number of furan rings is 1. The maximum atomic E-state index is 10.8. The highest BCUT2D eigenvalue weighted by Gasteiger charge is 2.06. The Hall–Kier alpha value is -0.940. The molecule has 0 spiro atoms. The van der Waals surface area contributed by atoms with Crippen LogP contribution in [0.3, 0.4) is 0 Å². The Labute approximate surface area is 69.1 Å². The molecule has 0 aliphatic rings. The summed E-state index contributed by atoms with van der Waals surface area (Å²) >= 11 is 3.96. The molecule has 0 aromatic carbocycles. The molecule has 0 aliphatic heterocycles. The van der Waals surface area contributed by atoms with Crippen molar-refractivity contribution in [2.24, 2.45) is 5.84 Å². The van der Waals surface area contributed by atoms with Crippen molar-refractivity contribution in [2.75, 3.05) is 0 Å². The minimum Gasteiger partial charge on any atom is -0.468 e. The number of rotatable bonds is 2. The number of thiol groups is 1. The van der Waals surface area contributed by atoms with Crippen LogP contribution in [0.2, 0.25) is 0 Å². The largest absolute Gasteiger partial charge is 0.468 e. The van der Waals surface area contributed by atoms with Gasteiger partial charge in [0.1, 0.15) is 12.0 Å². The summed E-state index contributed by atoms with van der Waals surface area (Å²) in [5.41, 5.74) is 2.41. The molecule has 1 amide bonds. The van der Waals surface area contributed by atoms with Crippen molar-refractivity contribution in [1.82, 2.24) is 5.43 Å². The van der Waals surface area contributed by atoms with Crippen LogP contribution in [0, 0.1) is 0 Å². The molecule has 5 heteroatoms. The van der Waals surface area contributed by atoms with E-state index >= 15 is 0 Å². The van der Waals surface area contributed by atoms with Gasteiger partial charge in [0.25, 0.3) is 5.91 Å². The summed E-state index contributed by atoms with van der Waals surface area (Å²) in [6, 6.07) is 1.59. The third-order valence-corrected chi connectivity index (χ3v) is 1.51. The average molecular weight is 172 g/mol. The van der Waals surface area contributed by atoms with E-state index in [0.717, 1.165) is 0 Å². The lowest BCUT2D eigenvalue weighted by Crippen LogP contribution is -2.29. The summed E-state index contributed by atoms with van der Waals surface area (Å²) in [4.78, 5) is 10.8. The number of nitrogens with one attached hydrogen (secondary N) is 1. The smallest absolute Gasteiger partial charge is 0.268 e. The Morgan fingerprint density at radius 1 is 1.82 bits per heavy atom. The zero-order chi connectivity index (χ0) is 8.27. The van der Waals surface area contributed by atoms with Crippen LogP contribution in [0.4, 0.5) is 0 Å². The third-order valence-electron chi connectivity index (χ3n) is 1.20. The van der Waals surface area contributed by atoms with E-state index in [-0.39, 0.29) is 5.91 Å². The van der Waals surface area contributed by atoms with E-state index in [2.05, 4.69) is 12.6 Å². The van der Waals surface area contributed by atoms with Gasteiger partial charge in [0.2, 0.25) is 0 Å². The molecule has 3 N–H and O–H groups in total. The second kappa shape index (κ2) is 3.45. The summed E-state index contributed by atoms with van der Waals surface area (Å²) in [6.45, 7) is 0. The summed E-state index contributed by atoms with van der Waals surface area (Å²) < 4.78 is 4.94. The molecular formula is C6H8N2O2S. The number of nitrogens with two attached hydrogens (primary N) is 1. The van der Waals surface area contributed by atoms with E-state index < -0.39 is 0 Å². The fourth-order valence-electron chi connectivity index (χ4n) is 0.666. The van der Waals surface area contributed by atoms with Crippen LogP contribution in [-0.2, 0) is 5.75 Å². The number of hydrazine groups is 1. The maximum absolute atomic E-state index is 10.8. The van der Waals surface area contributed by atoms with Crippen LogP contribution in [0.5, 0.6) is 0 Å². The second-order valence-electron chi connectivity index (χ2n) is 1.93. The Balaban J connectivity index is 2.80. The summed E-state index contributed by atoms with van der Waals surface area (Å²) in [5, 5.41) is 0. The van der Waals surface area contributed by atoms with Gasteiger partial charge < -0.3 is 4.42 Å². The van der Waals surface area contributed by atoms with Crippen molar-refractivity contribution < 1.29 is 9.21 Å². The summed E-state index contributed by atoms with van der Waals surface area (Å²) in [6.07, 6.45) is 1.34. The van der Waals surface area contributed by atoms with Gasteiger partial charge in [0.15, 0.2) is 0 Å². The Morgan fingerprint density at radius 3 is 3.00 bits per heavy atom. The van der Waals surface area contributed by atoms with Gasteiger partial charge >= 0.3 is 0 Å². The number of carbonyl (C=O) groups excluding carboxylic acids is 1. The summed E-state index contributed by atoms with van der Waals surface area (Å²) in [7, 11) is 0. The molecule has 0 radical (unpaired) electrons. The number of nitrogen functional groups attached to an aromatic ring is 1. The molecule has 0 saturated heterocycles. The van der Waals surface area contributed by atoms with Gasteiger partial charge in [-0.1, -0.05) is 0 Å². The van der Waals surface area contributed by atoms with Crippen LogP contribution in [0.1, 0.15) is 16.1 Å². The van der Waals surface area contributed by atoms with E-state index in [0.29, 0.717) is 17.1 Å². The van der Waals surface area contributed by atoms with E-state index in [1.165, 1.54) is 6.26 Å². The highest BCUT2D eigenvalue weighted by atomic mass is 32.1. The van der Waals surface area contributed by atoms with Gasteiger partial charge in [0, 0.05) is 5.75 Å². The molecule has 1 heterocycles. The normalized spacial score (nSPS) is 9.64. The van der Waals surface area contributed by atoms with Crippen LogP contribution in [0.25, 0.3) is 0 Å². The van der Waals surface area contributed by atoms with Gasteiger partial charge in [0.05, 0.1) is 5.56 Å².